The maximum absolute atomic E-state index is 12.0. The Morgan fingerprint density at radius 3 is 1.50 bits per heavy atom. The van der Waals surface area contributed by atoms with Crippen molar-refractivity contribution in [1.29, 1.82) is 0 Å². The largest absolute Gasteiger partial charge is 0.427 e. The highest BCUT2D eigenvalue weighted by atomic mass is 19.4. The minimum absolute atomic E-state index is 0.0718. The van der Waals surface area contributed by atoms with Crippen LogP contribution >= 0.6 is 0 Å². The molecule has 0 bridgehead atoms. The highest BCUT2D eigenvalue weighted by Crippen LogP contribution is 2.36. The van der Waals surface area contributed by atoms with Gasteiger partial charge in [-0.15, -0.1) is 0 Å². The van der Waals surface area contributed by atoms with Crippen LogP contribution in [0.4, 0.5) is 22.0 Å². The van der Waals surface area contributed by atoms with Crippen LogP contribution in [-0.4, -0.2) is 23.3 Å². The van der Waals surface area contributed by atoms with Crippen molar-refractivity contribution in [1.82, 2.24) is 0 Å². The molecular weight excluding hydrogens is 159 g/mol. The van der Waals surface area contributed by atoms with E-state index in [0.717, 1.165) is 0 Å². The predicted octanol–water partition coefficient (Wildman–Crippen LogP) is 1.56. The number of hydrogen-bond donors (Lipinski definition) is 1. The van der Waals surface area contributed by atoms with Gasteiger partial charge in [0.1, 0.15) is 0 Å². The van der Waals surface area contributed by atoms with Gasteiger partial charge in [0.2, 0.25) is 6.36 Å². The fourth-order valence-electron chi connectivity index (χ4n) is 0.135. The first kappa shape index (κ1) is 9.61. The average Bonchev–Trinajstić information content (AvgIpc) is 1.62. The van der Waals surface area contributed by atoms with Gasteiger partial charge in [0.15, 0.2) is 0 Å². The Hall–Kier alpha value is -0.390. The second kappa shape index (κ2) is 2.34. The summed E-state index contributed by atoms with van der Waals surface area (Å²) in [6.07, 6.45) is -8.91. The molecule has 0 radical (unpaired) electrons. The van der Waals surface area contributed by atoms with Crippen LogP contribution in [0.3, 0.4) is 0 Å². The molecule has 0 aliphatic carbocycles. The SMILES string of the molecule is CC(F)(C(O)F)C(F)(F)F. The van der Waals surface area contributed by atoms with Crippen LogP contribution in [-0.2, 0) is 0 Å². The lowest BCUT2D eigenvalue weighted by atomic mass is 10.1. The van der Waals surface area contributed by atoms with E-state index >= 15 is 0 Å². The minimum atomic E-state index is -5.37. The van der Waals surface area contributed by atoms with E-state index in [1.807, 2.05) is 0 Å². The van der Waals surface area contributed by atoms with Gasteiger partial charge in [-0.05, 0) is 6.92 Å². The van der Waals surface area contributed by atoms with E-state index in [1.54, 1.807) is 0 Å². The quantitative estimate of drug-likeness (QED) is 0.583. The van der Waals surface area contributed by atoms with Gasteiger partial charge in [0.05, 0.1) is 0 Å². The van der Waals surface area contributed by atoms with Crippen molar-refractivity contribution >= 4 is 0 Å². The summed E-state index contributed by atoms with van der Waals surface area (Å²) in [5.41, 5.74) is -4.17. The predicted molar refractivity (Wildman–Crippen MR) is 22.7 cm³/mol. The Kier molecular flexibility index (Phi) is 2.24. The second-order valence-corrected chi connectivity index (χ2v) is 1.91. The highest BCUT2D eigenvalue weighted by molar-refractivity contribution is 4.84. The molecule has 1 N–H and O–H groups in total. The van der Waals surface area contributed by atoms with Gasteiger partial charge >= 0.3 is 6.18 Å². The van der Waals surface area contributed by atoms with Crippen molar-refractivity contribution in [2.45, 2.75) is 25.1 Å². The van der Waals surface area contributed by atoms with Crippen LogP contribution in [0.2, 0.25) is 0 Å². The Morgan fingerprint density at radius 2 is 1.50 bits per heavy atom. The minimum Gasteiger partial charge on any atom is -0.361 e. The van der Waals surface area contributed by atoms with E-state index in [-0.39, 0.29) is 6.92 Å². The average molecular weight is 164 g/mol. The molecule has 0 amide bonds. The fraction of sp³-hybridized carbons (Fsp3) is 1.00. The molecule has 1 nitrogen and oxygen atoms in total. The summed E-state index contributed by atoms with van der Waals surface area (Å²) in [6.45, 7) is -0.0718. The molecule has 0 rings (SSSR count). The monoisotopic (exact) mass is 164 g/mol. The van der Waals surface area contributed by atoms with Crippen molar-refractivity contribution < 1.29 is 27.1 Å². The first-order chi connectivity index (χ1) is 4.19. The smallest absolute Gasteiger partial charge is 0.361 e. The topological polar surface area (TPSA) is 20.2 Å². The lowest BCUT2D eigenvalue weighted by molar-refractivity contribution is -0.273. The lowest BCUT2D eigenvalue weighted by Crippen LogP contribution is -2.46. The van der Waals surface area contributed by atoms with Gasteiger partial charge in [0, 0.05) is 0 Å². The molecule has 6 heteroatoms. The second-order valence-electron chi connectivity index (χ2n) is 1.91. The Labute approximate surface area is 53.5 Å². The van der Waals surface area contributed by atoms with E-state index in [9.17, 15) is 22.0 Å². The number of halogens is 5. The van der Waals surface area contributed by atoms with Crippen molar-refractivity contribution in [2.75, 3.05) is 0 Å². The van der Waals surface area contributed by atoms with Gasteiger partial charge in [-0.2, -0.15) is 13.2 Å². The summed E-state index contributed by atoms with van der Waals surface area (Å²) >= 11 is 0. The van der Waals surface area contributed by atoms with Crippen LogP contribution in [0.5, 0.6) is 0 Å². The molecule has 0 aliphatic heterocycles. The molecular formula is C4H5F5O. The summed E-state index contributed by atoms with van der Waals surface area (Å²) in [7, 11) is 0. The number of aliphatic hydroxyl groups excluding tert-OH is 1. The van der Waals surface area contributed by atoms with Crippen molar-refractivity contribution in [2.24, 2.45) is 0 Å². The van der Waals surface area contributed by atoms with Crippen LogP contribution in [0.25, 0.3) is 0 Å². The highest BCUT2D eigenvalue weighted by Gasteiger charge is 2.57. The summed E-state index contributed by atoms with van der Waals surface area (Å²) in [5.74, 6) is 0. The van der Waals surface area contributed by atoms with E-state index in [0.29, 0.717) is 0 Å². The van der Waals surface area contributed by atoms with Crippen molar-refractivity contribution in [3.63, 3.8) is 0 Å². The molecule has 0 aromatic heterocycles. The van der Waals surface area contributed by atoms with Gasteiger partial charge in [-0.25, -0.2) is 8.78 Å². The number of hydrogen-bond acceptors (Lipinski definition) is 1. The van der Waals surface area contributed by atoms with E-state index < -0.39 is 18.2 Å². The van der Waals surface area contributed by atoms with E-state index in [1.165, 1.54) is 0 Å². The van der Waals surface area contributed by atoms with E-state index in [4.69, 9.17) is 5.11 Å². The summed E-state index contributed by atoms with van der Waals surface area (Å²) in [6, 6.07) is 0. The standard InChI is InChI=1S/C4H5F5O/c1-3(6,2(5)10)4(7,8)9/h2,10H,1H3. The molecule has 62 valence electrons. The maximum Gasteiger partial charge on any atom is 0.427 e. The first-order valence-corrected chi connectivity index (χ1v) is 2.27. The van der Waals surface area contributed by atoms with Crippen LogP contribution < -0.4 is 0 Å². The van der Waals surface area contributed by atoms with Gasteiger partial charge in [-0.1, -0.05) is 0 Å². The normalized spacial score (nSPS) is 21.9. The zero-order chi connectivity index (χ0) is 8.58. The number of rotatable bonds is 1. The maximum atomic E-state index is 12.0. The molecule has 0 aromatic rings. The fourth-order valence-corrected chi connectivity index (χ4v) is 0.135. The summed E-state index contributed by atoms with van der Waals surface area (Å²) < 4.78 is 57.3. The third kappa shape index (κ3) is 1.56. The Morgan fingerprint density at radius 1 is 1.20 bits per heavy atom. The molecule has 2 atom stereocenters. The van der Waals surface area contributed by atoms with Crippen LogP contribution in [0.1, 0.15) is 6.92 Å². The van der Waals surface area contributed by atoms with Crippen LogP contribution in [0, 0.1) is 0 Å². The molecule has 0 fully saturated rings. The molecule has 10 heavy (non-hydrogen) atoms. The zero-order valence-electron chi connectivity index (χ0n) is 4.91. The third-order valence-electron chi connectivity index (χ3n) is 1.00. The first-order valence-electron chi connectivity index (χ1n) is 2.27. The van der Waals surface area contributed by atoms with E-state index in [2.05, 4.69) is 0 Å². The Bertz CT molecular complexity index is 115. The van der Waals surface area contributed by atoms with Gasteiger partial charge in [-0.3, -0.25) is 0 Å². The van der Waals surface area contributed by atoms with Gasteiger partial charge < -0.3 is 5.11 Å². The summed E-state index contributed by atoms with van der Waals surface area (Å²) in [4.78, 5) is 0. The molecule has 2 unspecified atom stereocenters. The Balaban J connectivity index is 4.40. The van der Waals surface area contributed by atoms with Crippen molar-refractivity contribution in [3.8, 4) is 0 Å². The van der Waals surface area contributed by atoms with Gasteiger partial charge in [0.25, 0.3) is 5.67 Å². The molecule has 0 spiro atoms. The number of alkyl halides is 5. The number of aliphatic hydroxyl groups is 1. The summed E-state index contributed by atoms with van der Waals surface area (Å²) in [5, 5.41) is 7.65. The molecule has 0 saturated heterocycles. The molecule has 0 saturated carbocycles. The molecule has 0 aliphatic rings. The lowest BCUT2D eigenvalue weighted by Gasteiger charge is -2.23. The van der Waals surface area contributed by atoms with Crippen molar-refractivity contribution in [3.05, 3.63) is 0 Å². The molecule has 0 aromatic carbocycles. The van der Waals surface area contributed by atoms with Crippen LogP contribution in [0.15, 0.2) is 0 Å². The zero-order valence-corrected chi connectivity index (χ0v) is 4.91. The third-order valence-corrected chi connectivity index (χ3v) is 1.00. The molecule has 0 heterocycles.